The molecule has 0 aliphatic carbocycles. The van der Waals surface area contributed by atoms with Crippen molar-refractivity contribution in [1.29, 1.82) is 0 Å². The summed E-state index contributed by atoms with van der Waals surface area (Å²) in [6, 6.07) is 1.60. The fourth-order valence-corrected chi connectivity index (χ4v) is 2.99. The Morgan fingerprint density at radius 1 is 1.16 bits per heavy atom. The van der Waals surface area contributed by atoms with Crippen LogP contribution in [0.15, 0.2) is 17.7 Å². The van der Waals surface area contributed by atoms with Crippen LogP contribution < -0.4 is 9.47 Å². The van der Waals surface area contributed by atoms with Crippen molar-refractivity contribution in [2.75, 3.05) is 13.4 Å². The van der Waals surface area contributed by atoms with Gasteiger partial charge in [0.1, 0.15) is 17.6 Å². The van der Waals surface area contributed by atoms with Gasteiger partial charge in [0, 0.05) is 12.0 Å². The quantitative estimate of drug-likeness (QED) is 0.136. The van der Waals surface area contributed by atoms with Crippen LogP contribution in [0.3, 0.4) is 0 Å². The van der Waals surface area contributed by atoms with Crippen LogP contribution in [0.5, 0.6) is 11.5 Å². The zero-order valence-corrected chi connectivity index (χ0v) is 19.0. The zero-order chi connectivity index (χ0) is 28.0. The topological polar surface area (TPSA) is 133 Å². The summed E-state index contributed by atoms with van der Waals surface area (Å²) in [5.41, 5.74) is -1.48. The van der Waals surface area contributed by atoms with Gasteiger partial charge in [0.2, 0.25) is 12.9 Å². The lowest BCUT2D eigenvalue weighted by Gasteiger charge is -2.29. The van der Waals surface area contributed by atoms with E-state index in [9.17, 15) is 46.0 Å². The molecule has 11 nitrogen and oxygen atoms in total. The number of carbonyl (C=O) groups is 2. The van der Waals surface area contributed by atoms with Gasteiger partial charge in [-0.25, -0.2) is 9.59 Å². The van der Waals surface area contributed by atoms with E-state index in [-0.39, 0.29) is 24.0 Å². The molecule has 17 heteroatoms. The van der Waals surface area contributed by atoms with Crippen LogP contribution >= 0.6 is 0 Å². The lowest BCUT2D eigenvalue weighted by Crippen LogP contribution is -2.41. The second-order valence-electron chi connectivity index (χ2n) is 7.26. The summed E-state index contributed by atoms with van der Waals surface area (Å²) in [6.45, 7) is 1.19. The first-order valence-electron chi connectivity index (χ1n) is 10.3. The third kappa shape index (κ3) is 8.91. The van der Waals surface area contributed by atoms with Crippen LogP contribution in [0.2, 0.25) is 0 Å². The molecule has 1 aliphatic rings. The molecule has 0 bridgehead atoms. The molecule has 1 aliphatic heterocycles. The summed E-state index contributed by atoms with van der Waals surface area (Å²) >= 11 is 0. The second kappa shape index (κ2) is 11.9. The Hall–Kier alpha value is -3.92. The predicted octanol–water partition coefficient (Wildman–Crippen LogP) is 4.50. The number of nitrogens with zero attached hydrogens (tertiary/aromatic N) is 1. The van der Waals surface area contributed by atoms with Crippen molar-refractivity contribution >= 4 is 18.2 Å². The minimum absolute atomic E-state index is 0.0257. The first-order chi connectivity index (χ1) is 17.1. The predicted molar refractivity (Wildman–Crippen MR) is 107 cm³/mol. The number of halogens is 6. The van der Waals surface area contributed by atoms with Crippen LogP contribution in [0, 0.1) is 10.1 Å². The Bertz CT molecular complexity index is 1040. The highest BCUT2D eigenvalue weighted by Crippen LogP contribution is 2.42. The summed E-state index contributed by atoms with van der Waals surface area (Å²) in [6.07, 6.45) is -14.9. The molecule has 1 heterocycles. The first kappa shape index (κ1) is 29.3. The van der Waals surface area contributed by atoms with E-state index in [2.05, 4.69) is 23.8 Å². The maximum atomic E-state index is 13.6. The number of esters is 1. The summed E-state index contributed by atoms with van der Waals surface area (Å²) in [5.74, 6) is -2.79. The Morgan fingerprint density at radius 2 is 1.84 bits per heavy atom. The molecule has 206 valence electrons. The third-order valence-electron chi connectivity index (χ3n) is 4.53. The van der Waals surface area contributed by atoms with Crippen molar-refractivity contribution in [3.63, 3.8) is 0 Å². The molecule has 2 atom stereocenters. The Labute approximate surface area is 203 Å². The molecule has 0 amide bonds. The van der Waals surface area contributed by atoms with Crippen molar-refractivity contribution in [3.05, 3.63) is 38.9 Å². The number of fused-ring (bicyclic) bond motifs is 1. The summed E-state index contributed by atoms with van der Waals surface area (Å²) in [5, 5.41) is 9.00. The average Bonchev–Trinajstić information content (AvgIpc) is 2.75. The maximum absolute atomic E-state index is 13.6. The fraction of sp³-hybridized carbons (Fsp3) is 0.500. The van der Waals surface area contributed by atoms with E-state index in [1.165, 1.54) is 13.8 Å². The molecule has 0 fully saturated rings. The average molecular weight is 547 g/mol. The first-order valence-corrected chi connectivity index (χ1v) is 10.3. The molecule has 1 aromatic rings. The van der Waals surface area contributed by atoms with E-state index in [0.29, 0.717) is 6.08 Å². The SMILES string of the molecule is CCc1cc(OC(F)(F)F)cc2c1O[C@H](C(F)(F)F)C(C(=O)OCOC(=O)OC(C)CCO[N+](=O)[O-])=C2. The molecule has 0 saturated carbocycles. The van der Waals surface area contributed by atoms with Crippen molar-refractivity contribution in [1.82, 2.24) is 0 Å². The van der Waals surface area contributed by atoms with Crippen molar-refractivity contribution in [2.24, 2.45) is 0 Å². The van der Waals surface area contributed by atoms with Crippen LogP contribution in [0.4, 0.5) is 31.1 Å². The van der Waals surface area contributed by atoms with E-state index >= 15 is 0 Å². The highest BCUT2D eigenvalue weighted by molar-refractivity contribution is 5.96. The molecular weight excluding hydrogens is 528 g/mol. The van der Waals surface area contributed by atoms with Crippen molar-refractivity contribution in [2.45, 2.75) is 51.4 Å². The minimum atomic E-state index is -5.13. The molecular formula is C20H19F6NO10. The molecule has 0 radical (unpaired) electrons. The van der Waals surface area contributed by atoms with E-state index in [4.69, 9.17) is 4.74 Å². The van der Waals surface area contributed by atoms with Crippen LogP contribution in [-0.4, -0.2) is 55.4 Å². The monoisotopic (exact) mass is 547 g/mol. The normalized spacial score (nSPS) is 15.9. The lowest BCUT2D eigenvalue weighted by atomic mass is 9.97. The fourth-order valence-electron chi connectivity index (χ4n) is 2.99. The van der Waals surface area contributed by atoms with Gasteiger partial charge in [-0.1, -0.05) is 6.92 Å². The molecule has 0 saturated heterocycles. The number of carbonyl (C=O) groups excluding carboxylic acids is 2. The molecule has 0 N–H and O–H groups in total. The van der Waals surface area contributed by atoms with Gasteiger partial charge in [0.25, 0.3) is 5.09 Å². The summed E-state index contributed by atoms with van der Waals surface area (Å²) in [7, 11) is 0. The van der Waals surface area contributed by atoms with Gasteiger partial charge in [-0.15, -0.1) is 23.3 Å². The van der Waals surface area contributed by atoms with Gasteiger partial charge in [-0.3, -0.25) is 0 Å². The van der Waals surface area contributed by atoms with E-state index in [1.54, 1.807) is 0 Å². The number of hydrogen-bond donors (Lipinski definition) is 0. The number of aryl methyl sites for hydroxylation is 1. The van der Waals surface area contributed by atoms with Crippen LogP contribution in [-0.2, 0) is 30.3 Å². The maximum Gasteiger partial charge on any atom is 0.573 e. The van der Waals surface area contributed by atoms with Gasteiger partial charge in [0.05, 0.1) is 12.2 Å². The lowest BCUT2D eigenvalue weighted by molar-refractivity contribution is -0.758. The summed E-state index contributed by atoms with van der Waals surface area (Å²) in [4.78, 5) is 38.0. The van der Waals surface area contributed by atoms with Gasteiger partial charge < -0.3 is 28.5 Å². The number of ether oxygens (including phenoxy) is 5. The standard InChI is InChI=1S/C20H19F6NO10/c1-3-11-6-13(37-20(24,25)26)7-12-8-14(16(19(21,22)23)36-15(11)12)17(28)32-9-33-18(29)35-10(2)4-5-34-27(30)31/h6-8,10,16H,3-5,9H2,1-2H3/t10?,16-/m0/s1. The van der Waals surface area contributed by atoms with Gasteiger partial charge in [0.15, 0.2) is 0 Å². The van der Waals surface area contributed by atoms with Crippen molar-refractivity contribution < 1.29 is 69.5 Å². The van der Waals surface area contributed by atoms with E-state index < -0.39 is 72.4 Å². The zero-order valence-electron chi connectivity index (χ0n) is 19.0. The highest BCUT2D eigenvalue weighted by Gasteiger charge is 2.49. The van der Waals surface area contributed by atoms with E-state index in [0.717, 1.165) is 12.1 Å². The number of alkyl halides is 6. The van der Waals surface area contributed by atoms with Gasteiger partial charge >= 0.3 is 24.7 Å². The number of rotatable bonds is 10. The molecule has 0 aromatic heterocycles. The number of hydrogen-bond acceptors (Lipinski definition) is 10. The molecule has 1 unspecified atom stereocenters. The van der Waals surface area contributed by atoms with Crippen molar-refractivity contribution in [3.8, 4) is 11.5 Å². The molecule has 2 rings (SSSR count). The van der Waals surface area contributed by atoms with E-state index in [1.807, 2.05) is 0 Å². The van der Waals surface area contributed by atoms with Crippen LogP contribution in [0.1, 0.15) is 31.4 Å². The molecule has 1 aromatic carbocycles. The minimum Gasteiger partial charge on any atom is -0.475 e. The smallest absolute Gasteiger partial charge is 0.475 e. The van der Waals surface area contributed by atoms with Gasteiger partial charge in [-0.05, 0) is 37.1 Å². The molecule has 0 spiro atoms. The second-order valence-corrected chi connectivity index (χ2v) is 7.26. The van der Waals surface area contributed by atoms with Crippen LogP contribution in [0.25, 0.3) is 6.08 Å². The largest absolute Gasteiger partial charge is 0.573 e. The Kier molecular flexibility index (Phi) is 9.41. The summed E-state index contributed by atoms with van der Waals surface area (Å²) < 4.78 is 101. The highest BCUT2D eigenvalue weighted by atomic mass is 19.4. The number of benzene rings is 1. The third-order valence-corrected chi connectivity index (χ3v) is 4.53. The molecule has 37 heavy (non-hydrogen) atoms. The van der Waals surface area contributed by atoms with Gasteiger partial charge in [-0.2, -0.15) is 13.2 Å². The Balaban J connectivity index is 2.14. The Morgan fingerprint density at radius 3 is 2.41 bits per heavy atom.